The summed E-state index contributed by atoms with van der Waals surface area (Å²) in [5, 5.41) is 1.55. The van der Waals surface area contributed by atoms with E-state index in [1.165, 1.54) is 40.7 Å². The summed E-state index contributed by atoms with van der Waals surface area (Å²) < 4.78 is 59.6. The van der Waals surface area contributed by atoms with Crippen LogP contribution >= 0.6 is 12.4 Å². The molecule has 3 aromatic rings. The first-order chi connectivity index (χ1) is 21.6. The Morgan fingerprint density at radius 1 is 0.717 bits per heavy atom. The zero-order valence-electron chi connectivity index (χ0n) is 27.2. The molecule has 5 rings (SSSR count). The molecule has 0 radical (unpaired) electrons. The highest BCUT2D eigenvalue weighted by atomic mass is 35.5. The summed E-state index contributed by atoms with van der Waals surface area (Å²) in [5.74, 6) is 0.636. The fourth-order valence-corrected chi connectivity index (χ4v) is 9.93. The predicted molar refractivity (Wildman–Crippen MR) is 191 cm³/mol. The molecule has 1 aliphatic heterocycles. The Balaban J connectivity index is 0.00000480. The van der Waals surface area contributed by atoms with Gasteiger partial charge in [0.05, 0.1) is 9.79 Å². The van der Waals surface area contributed by atoms with E-state index in [-0.39, 0.29) is 35.3 Å². The molecule has 3 aromatic carbocycles. The Kier molecular flexibility index (Phi) is 12.7. The van der Waals surface area contributed by atoms with Gasteiger partial charge in [-0.25, -0.2) is 16.8 Å². The molecule has 0 atom stereocenters. The highest BCUT2D eigenvalue weighted by molar-refractivity contribution is 7.89. The van der Waals surface area contributed by atoms with Gasteiger partial charge in [0.25, 0.3) is 0 Å². The maximum atomic E-state index is 14.3. The summed E-state index contributed by atoms with van der Waals surface area (Å²) in [6, 6.07) is 19.8. The van der Waals surface area contributed by atoms with Crippen molar-refractivity contribution in [2.45, 2.75) is 54.7 Å². The highest BCUT2D eigenvalue weighted by Gasteiger charge is 2.30. The lowest BCUT2D eigenvalue weighted by atomic mass is 9.89. The number of rotatable bonds is 7. The molecule has 2 aliphatic rings. The quantitative estimate of drug-likeness (QED) is 0.274. The van der Waals surface area contributed by atoms with E-state index >= 15 is 0 Å². The summed E-state index contributed by atoms with van der Waals surface area (Å²) in [6.45, 7) is 7.52. The minimum Gasteiger partial charge on any atom is -0.378 e. The first kappa shape index (κ1) is 36.4. The number of hydrogen-bond acceptors (Lipinski definition) is 6. The molecule has 1 saturated heterocycles. The zero-order valence-corrected chi connectivity index (χ0v) is 29.6. The van der Waals surface area contributed by atoms with E-state index in [9.17, 15) is 16.8 Å². The maximum Gasteiger partial charge on any atom is 0.243 e. The van der Waals surface area contributed by atoms with Gasteiger partial charge >= 0.3 is 0 Å². The van der Waals surface area contributed by atoms with Crippen LogP contribution in [0.15, 0.2) is 88.7 Å². The van der Waals surface area contributed by atoms with E-state index in [2.05, 4.69) is 11.5 Å². The van der Waals surface area contributed by atoms with Gasteiger partial charge in [0.2, 0.25) is 20.0 Å². The molecule has 252 valence electrons. The SMILES string of the molecule is C=C1CN(S(=O)(=O)c2ccc(N(C)C)cc2)CCCN(CC2CCCCC2)CCCN(S(=O)(=O)c2cccc3ccccc23)C1.Cl. The Labute approximate surface area is 282 Å². The van der Waals surface area contributed by atoms with Crippen molar-refractivity contribution in [2.24, 2.45) is 5.92 Å². The van der Waals surface area contributed by atoms with Crippen LogP contribution in [-0.4, -0.2) is 90.3 Å². The highest BCUT2D eigenvalue weighted by Crippen LogP contribution is 2.28. The molecule has 0 N–H and O–H groups in total. The first-order valence-corrected chi connectivity index (χ1v) is 19.1. The number of fused-ring (bicyclic) bond motifs is 1. The normalized spacial score (nSPS) is 19.2. The lowest BCUT2D eigenvalue weighted by Crippen LogP contribution is -2.42. The van der Waals surface area contributed by atoms with Crippen LogP contribution in [-0.2, 0) is 20.0 Å². The van der Waals surface area contributed by atoms with Crippen molar-refractivity contribution in [1.82, 2.24) is 13.5 Å². The first-order valence-electron chi connectivity index (χ1n) is 16.2. The van der Waals surface area contributed by atoms with Gasteiger partial charge in [0.15, 0.2) is 0 Å². The second kappa shape index (κ2) is 16.1. The molecular formula is C35H49ClN4O4S2. The summed E-state index contributed by atoms with van der Waals surface area (Å²) in [7, 11) is -3.89. The lowest BCUT2D eigenvalue weighted by molar-refractivity contribution is 0.188. The number of hydrogen-bond donors (Lipinski definition) is 0. The Bertz CT molecular complexity index is 1670. The predicted octanol–water partition coefficient (Wildman–Crippen LogP) is 6.24. The molecule has 1 heterocycles. The van der Waals surface area contributed by atoms with Gasteiger partial charge in [-0.05, 0) is 86.0 Å². The van der Waals surface area contributed by atoms with Gasteiger partial charge in [0.1, 0.15) is 0 Å². The monoisotopic (exact) mass is 688 g/mol. The van der Waals surface area contributed by atoms with Gasteiger partial charge in [0, 0.05) is 57.9 Å². The summed E-state index contributed by atoms with van der Waals surface area (Å²) in [6.07, 6.45) is 7.66. The second-order valence-corrected chi connectivity index (χ2v) is 16.6. The number of halogens is 1. The van der Waals surface area contributed by atoms with Crippen molar-refractivity contribution in [3.8, 4) is 0 Å². The molecule has 0 amide bonds. The number of benzene rings is 3. The largest absolute Gasteiger partial charge is 0.378 e. The topological polar surface area (TPSA) is 81.2 Å². The van der Waals surface area contributed by atoms with Crippen LogP contribution in [0.25, 0.3) is 10.8 Å². The molecular weight excluding hydrogens is 640 g/mol. The zero-order chi connectivity index (χ0) is 32.0. The van der Waals surface area contributed by atoms with Crippen molar-refractivity contribution in [1.29, 1.82) is 0 Å². The van der Waals surface area contributed by atoms with Crippen LogP contribution in [0.3, 0.4) is 0 Å². The van der Waals surface area contributed by atoms with Gasteiger partial charge in [-0.2, -0.15) is 8.61 Å². The van der Waals surface area contributed by atoms with E-state index in [0.717, 1.165) is 30.7 Å². The number of sulfonamides is 2. The van der Waals surface area contributed by atoms with Crippen molar-refractivity contribution in [2.75, 3.05) is 64.8 Å². The van der Waals surface area contributed by atoms with Gasteiger partial charge < -0.3 is 9.80 Å². The molecule has 0 aromatic heterocycles. The molecule has 0 bridgehead atoms. The molecule has 0 spiro atoms. The van der Waals surface area contributed by atoms with E-state index < -0.39 is 20.0 Å². The standard InChI is InChI=1S/C35H48N4O4S2.ClH/c1-29-26-38(44(40,41)33-20-18-32(19-21-33)36(2)3)24-10-22-37(28-30-12-5-4-6-13-30)23-11-25-39(27-29)45(42,43)35-17-9-15-31-14-7-8-16-34(31)35;/h7-9,14-21,30H,1,4-6,10-13,22-28H2,2-3H3;1H. The van der Waals surface area contributed by atoms with E-state index in [1.807, 2.05) is 61.5 Å². The summed E-state index contributed by atoms with van der Waals surface area (Å²) in [5.41, 5.74) is 1.46. The molecule has 8 nitrogen and oxygen atoms in total. The molecule has 1 saturated carbocycles. The van der Waals surface area contributed by atoms with Crippen molar-refractivity contribution in [3.63, 3.8) is 0 Å². The number of anilines is 1. The summed E-state index contributed by atoms with van der Waals surface area (Å²) >= 11 is 0. The van der Waals surface area contributed by atoms with Crippen LogP contribution in [0.1, 0.15) is 44.9 Å². The minimum atomic E-state index is -3.89. The molecule has 46 heavy (non-hydrogen) atoms. The minimum absolute atomic E-state index is 0. The third kappa shape index (κ3) is 8.70. The second-order valence-electron chi connectivity index (χ2n) is 12.8. The Hall–Kier alpha value is -2.47. The Morgan fingerprint density at radius 2 is 1.30 bits per heavy atom. The number of nitrogens with zero attached hydrogens (tertiary/aromatic N) is 4. The third-order valence-corrected chi connectivity index (χ3v) is 12.9. The van der Waals surface area contributed by atoms with Gasteiger partial charge in [-0.1, -0.05) is 62.2 Å². The van der Waals surface area contributed by atoms with E-state index in [1.54, 1.807) is 24.3 Å². The van der Waals surface area contributed by atoms with Crippen molar-refractivity contribution in [3.05, 3.63) is 78.9 Å². The molecule has 0 unspecified atom stereocenters. The van der Waals surface area contributed by atoms with E-state index in [0.29, 0.717) is 42.8 Å². The average Bonchev–Trinajstić information content (AvgIpc) is 3.03. The van der Waals surface area contributed by atoms with Crippen LogP contribution < -0.4 is 4.90 Å². The van der Waals surface area contributed by atoms with Gasteiger partial charge in [-0.15, -0.1) is 12.4 Å². The van der Waals surface area contributed by atoms with Crippen molar-refractivity contribution < 1.29 is 16.8 Å². The third-order valence-electron chi connectivity index (χ3n) is 9.16. The van der Waals surface area contributed by atoms with Gasteiger partial charge in [-0.3, -0.25) is 0 Å². The maximum absolute atomic E-state index is 14.3. The smallest absolute Gasteiger partial charge is 0.243 e. The fraction of sp³-hybridized carbons (Fsp3) is 0.486. The molecule has 1 aliphatic carbocycles. The van der Waals surface area contributed by atoms with Crippen LogP contribution in [0.2, 0.25) is 0 Å². The molecule has 2 fully saturated rings. The van der Waals surface area contributed by atoms with Crippen LogP contribution in [0.4, 0.5) is 5.69 Å². The fourth-order valence-electron chi connectivity index (χ4n) is 6.71. The lowest BCUT2D eigenvalue weighted by Gasteiger charge is -2.33. The summed E-state index contributed by atoms with van der Waals surface area (Å²) in [4.78, 5) is 4.86. The molecule has 11 heteroatoms. The van der Waals surface area contributed by atoms with Crippen LogP contribution in [0, 0.1) is 5.92 Å². The van der Waals surface area contributed by atoms with Crippen molar-refractivity contribution >= 4 is 48.9 Å². The van der Waals surface area contributed by atoms with E-state index in [4.69, 9.17) is 0 Å². The Morgan fingerprint density at radius 3 is 1.93 bits per heavy atom. The average molecular weight is 689 g/mol. The van der Waals surface area contributed by atoms with Crippen LogP contribution in [0.5, 0.6) is 0 Å².